The van der Waals surface area contributed by atoms with Crippen LogP contribution >= 0.6 is 0 Å². The number of hydrogen-bond acceptors (Lipinski definition) is 1. The molecule has 0 aromatic carbocycles. The molecule has 0 aliphatic rings. The lowest BCUT2D eigenvalue weighted by Crippen LogP contribution is -2.87. The van der Waals surface area contributed by atoms with Gasteiger partial charge in [0.1, 0.15) is 0 Å². The Labute approximate surface area is 43.9 Å². The van der Waals surface area contributed by atoms with Crippen molar-refractivity contribution in [2.45, 2.75) is 26.3 Å². The molecule has 2 nitrogen and oxygen atoms in total. The van der Waals surface area contributed by atoms with Crippen molar-refractivity contribution in [2.24, 2.45) is 0 Å². The van der Waals surface area contributed by atoms with Crippen LogP contribution in [-0.2, 0) is 4.79 Å². The summed E-state index contributed by atoms with van der Waals surface area (Å²) >= 11 is 0. The number of hydrogen-bond donors (Lipinski definition) is 1. The Hall–Kier alpha value is -0.370. The lowest BCUT2D eigenvalue weighted by Gasteiger charge is -1.97. The van der Waals surface area contributed by atoms with Crippen LogP contribution in [0.25, 0.3) is 0 Å². The molecule has 0 aliphatic carbocycles. The van der Waals surface area contributed by atoms with Gasteiger partial charge in [0.25, 0.3) is 6.41 Å². The van der Waals surface area contributed by atoms with Crippen molar-refractivity contribution >= 4 is 6.41 Å². The van der Waals surface area contributed by atoms with E-state index < -0.39 is 0 Å². The van der Waals surface area contributed by atoms with E-state index in [0.717, 1.165) is 12.8 Å². The lowest BCUT2D eigenvalue weighted by atomic mass is 10.3. The van der Waals surface area contributed by atoms with E-state index in [1.165, 1.54) is 0 Å². The molecule has 0 fully saturated rings. The van der Waals surface area contributed by atoms with Crippen LogP contribution in [0.2, 0.25) is 0 Å². The molecule has 42 valence electrons. The summed E-state index contributed by atoms with van der Waals surface area (Å²) in [6.45, 7) is 4.08. The predicted octanol–water partition coefficient (Wildman–Crippen LogP) is -0.495. The minimum atomic E-state index is 0.456. The highest BCUT2D eigenvalue weighted by Gasteiger charge is 1.95. The van der Waals surface area contributed by atoms with E-state index in [0.29, 0.717) is 6.04 Å². The fourth-order valence-electron chi connectivity index (χ4n) is 0.270. The summed E-state index contributed by atoms with van der Waals surface area (Å²) < 4.78 is 0. The van der Waals surface area contributed by atoms with Crippen molar-refractivity contribution in [3.8, 4) is 0 Å². The topological polar surface area (TPSA) is 33.7 Å². The second-order valence-electron chi connectivity index (χ2n) is 1.71. The molecule has 2 N–H and O–H groups in total. The summed E-state index contributed by atoms with van der Waals surface area (Å²) in [4.78, 5) is 9.72. The molecule has 0 bridgehead atoms. The third-order valence-corrected chi connectivity index (χ3v) is 1.05. The third-order valence-electron chi connectivity index (χ3n) is 1.05. The highest BCUT2D eigenvalue weighted by Crippen LogP contribution is 1.75. The summed E-state index contributed by atoms with van der Waals surface area (Å²) in [5, 5.41) is 1.67. The number of nitrogens with two attached hydrogens (primary N) is 1. The molecule has 7 heavy (non-hydrogen) atoms. The zero-order chi connectivity index (χ0) is 5.70. The zero-order valence-corrected chi connectivity index (χ0v) is 4.85. The number of primary amides is 1. The summed E-state index contributed by atoms with van der Waals surface area (Å²) in [6, 6.07) is 0.456. The van der Waals surface area contributed by atoms with Gasteiger partial charge in [-0.2, -0.15) is 0 Å². The number of rotatable bonds is 3. The zero-order valence-electron chi connectivity index (χ0n) is 4.85. The van der Waals surface area contributed by atoms with E-state index in [1.54, 1.807) is 5.32 Å². The fraction of sp³-hybridized carbons (Fsp3) is 0.800. The molecule has 0 heterocycles. The van der Waals surface area contributed by atoms with Gasteiger partial charge in [0.15, 0.2) is 0 Å². The van der Waals surface area contributed by atoms with Crippen LogP contribution in [0.5, 0.6) is 0 Å². The molecular weight excluding hydrogens is 90.1 g/mol. The van der Waals surface area contributed by atoms with Gasteiger partial charge in [-0.1, -0.05) is 6.92 Å². The fourth-order valence-corrected chi connectivity index (χ4v) is 0.270. The summed E-state index contributed by atoms with van der Waals surface area (Å²) in [5.74, 6) is 0. The molecule has 0 spiro atoms. The molecule has 1 amide bonds. The van der Waals surface area contributed by atoms with Crippen LogP contribution in [-0.4, -0.2) is 12.5 Å². The van der Waals surface area contributed by atoms with Gasteiger partial charge in [-0.3, -0.25) is 5.32 Å². The van der Waals surface area contributed by atoms with Crippen LogP contribution in [0.15, 0.2) is 0 Å². The van der Waals surface area contributed by atoms with Gasteiger partial charge in [-0.25, -0.2) is 4.79 Å². The van der Waals surface area contributed by atoms with E-state index in [1.807, 2.05) is 6.92 Å². The highest BCUT2D eigenvalue weighted by molar-refractivity contribution is 5.31. The smallest absolute Gasteiger partial charge is 0.284 e. The van der Waals surface area contributed by atoms with Crippen LogP contribution in [0, 0.1) is 0 Å². The maximum Gasteiger partial charge on any atom is 0.298 e. The molecular formula is C5H12NO+. The summed E-state index contributed by atoms with van der Waals surface area (Å²) in [6.07, 6.45) is 1.91. The van der Waals surface area contributed by atoms with Gasteiger partial charge in [-0.15, -0.1) is 0 Å². The van der Waals surface area contributed by atoms with Gasteiger partial charge in [0.05, 0.1) is 6.04 Å². The van der Waals surface area contributed by atoms with Gasteiger partial charge in [-0.05, 0) is 13.3 Å². The molecule has 0 aromatic heterocycles. The first kappa shape index (κ1) is 6.63. The number of quaternary nitrogens is 1. The molecule has 0 aromatic rings. The van der Waals surface area contributed by atoms with Crippen molar-refractivity contribution in [1.82, 2.24) is 0 Å². The Kier molecular flexibility index (Phi) is 3.61. The number of amides is 1. The van der Waals surface area contributed by atoms with E-state index in [4.69, 9.17) is 0 Å². The van der Waals surface area contributed by atoms with Gasteiger partial charge in [0.2, 0.25) is 0 Å². The maximum absolute atomic E-state index is 9.72. The number of carbonyl (C=O) groups is 1. The maximum atomic E-state index is 9.72. The van der Waals surface area contributed by atoms with Gasteiger partial charge in [0, 0.05) is 0 Å². The minimum absolute atomic E-state index is 0.456. The average molecular weight is 102 g/mol. The summed E-state index contributed by atoms with van der Waals surface area (Å²) in [5.41, 5.74) is 0. The minimum Gasteiger partial charge on any atom is -0.284 e. The standard InChI is InChI=1S/C5H11NO/c1-3-5(2)6-4-7/h4-5H,3H2,1-2H3,(H,6,7)/p+1. The van der Waals surface area contributed by atoms with Crippen LogP contribution in [0.1, 0.15) is 20.3 Å². The first-order valence-corrected chi connectivity index (χ1v) is 2.60. The Balaban J connectivity index is 2.98. The van der Waals surface area contributed by atoms with Crippen LogP contribution in [0.4, 0.5) is 0 Å². The van der Waals surface area contributed by atoms with Crippen molar-refractivity contribution < 1.29 is 10.1 Å². The quantitative estimate of drug-likeness (QED) is 0.479. The second-order valence-corrected chi connectivity index (χ2v) is 1.71. The van der Waals surface area contributed by atoms with Crippen molar-refractivity contribution in [3.05, 3.63) is 0 Å². The van der Waals surface area contributed by atoms with Crippen LogP contribution in [0.3, 0.4) is 0 Å². The molecule has 1 atom stereocenters. The van der Waals surface area contributed by atoms with Crippen molar-refractivity contribution in [2.75, 3.05) is 0 Å². The van der Waals surface area contributed by atoms with Crippen LogP contribution < -0.4 is 5.32 Å². The predicted molar refractivity (Wildman–Crippen MR) is 27.7 cm³/mol. The Morgan fingerprint density at radius 2 is 2.43 bits per heavy atom. The normalized spacial score (nSPS) is 13.4. The number of carbonyl (C=O) groups excluding carboxylic acids is 1. The molecule has 0 radical (unpaired) electrons. The monoisotopic (exact) mass is 102 g/mol. The van der Waals surface area contributed by atoms with E-state index >= 15 is 0 Å². The third kappa shape index (κ3) is 3.46. The Morgan fingerprint density at radius 3 is 2.57 bits per heavy atom. The van der Waals surface area contributed by atoms with Gasteiger partial charge >= 0.3 is 0 Å². The molecule has 0 rings (SSSR count). The molecule has 2 heteroatoms. The Bertz CT molecular complexity index is 54.0. The summed E-state index contributed by atoms with van der Waals surface area (Å²) in [7, 11) is 0. The SMILES string of the molecule is CCC(C)[NH2+]C=O. The van der Waals surface area contributed by atoms with E-state index in [9.17, 15) is 4.79 Å². The Morgan fingerprint density at radius 1 is 1.86 bits per heavy atom. The lowest BCUT2D eigenvalue weighted by molar-refractivity contribution is -0.589. The largest absolute Gasteiger partial charge is 0.298 e. The van der Waals surface area contributed by atoms with Gasteiger partial charge < -0.3 is 0 Å². The first-order valence-electron chi connectivity index (χ1n) is 2.60. The molecule has 0 saturated heterocycles. The second kappa shape index (κ2) is 3.81. The average Bonchev–Trinajstić information content (AvgIpc) is 1.68. The molecule has 0 saturated carbocycles. The first-order chi connectivity index (χ1) is 3.31. The van der Waals surface area contributed by atoms with Crippen molar-refractivity contribution in [3.63, 3.8) is 0 Å². The molecule has 0 aliphatic heterocycles. The van der Waals surface area contributed by atoms with E-state index in [-0.39, 0.29) is 0 Å². The highest BCUT2D eigenvalue weighted by atomic mass is 16.1. The molecule has 1 unspecified atom stereocenters. The van der Waals surface area contributed by atoms with Crippen molar-refractivity contribution in [1.29, 1.82) is 0 Å². The van der Waals surface area contributed by atoms with E-state index in [2.05, 4.69) is 6.92 Å².